The number of benzene rings is 7. The Balaban J connectivity index is 1.37. The zero-order valence-electron chi connectivity index (χ0n) is 26.4. The summed E-state index contributed by atoms with van der Waals surface area (Å²) in [5, 5.41) is 0. The molecule has 1 heterocycles. The summed E-state index contributed by atoms with van der Waals surface area (Å²) in [7, 11) is 0. The largest absolute Gasteiger partial charge is 0.434 e. The van der Waals surface area contributed by atoms with Crippen LogP contribution in [0.4, 0.5) is 28.4 Å². The standard InChI is InChI=1S/C44H33N3O/c1-6-18-33(19-7-1)40-29-17-16-22-35(40)32-46(36-23-10-3-11-24-36)42-31-39(30-41-43(42)48-44(45-41)34-20-8-2-9-21-34)47(37-25-12-4-13-26-37)38-27-14-5-15-28-38/h1-31H,32H2. The molecule has 1 aromatic heterocycles. The predicted molar refractivity (Wildman–Crippen MR) is 198 cm³/mol. The molecule has 0 saturated heterocycles. The Morgan fingerprint density at radius 2 is 0.958 bits per heavy atom. The van der Waals surface area contributed by atoms with E-state index >= 15 is 0 Å². The highest BCUT2D eigenvalue weighted by atomic mass is 16.3. The van der Waals surface area contributed by atoms with E-state index in [4.69, 9.17) is 9.40 Å². The lowest BCUT2D eigenvalue weighted by Crippen LogP contribution is -2.18. The molecule has 0 bridgehead atoms. The van der Waals surface area contributed by atoms with Gasteiger partial charge in [0.05, 0.1) is 11.4 Å². The first-order valence-electron chi connectivity index (χ1n) is 16.2. The lowest BCUT2D eigenvalue weighted by Gasteiger charge is -2.29. The molecule has 0 unspecified atom stereocenters. The molecule has 0 fully saturated rings. The van der Waals surface area contributed by atoms with Crippen molar-refractivity contribution < 1.29 is 4.42 Å². The molecule has 0 atom stereocenters. The highest BCUT2D eigenvalue weighted by molar-refractivity contribution is 5.96. The van der Waals surface area contributed by atoms with Crippen LogP contribution in [0.15, 0.2) is 192 Å². The summed E-state index contributed by atoms with van der Waals surface area (Å²) in [5.74, 6) is 0.590. The first-order chi connectivity index (χ1) is 23.8. The molecule has 0 N–H and O–H groups in total. The Morgan fingerprint density at radius 1 is 0.458 bits per heavy atom. The third-order valence-electron chi connectivity index (χ3n) is 8.55. The number of rotatable bonds is 9. The molecular weight excluding hydrogens is 587 g/mol. The number of aromatic nitrogens is 1. The number of hydrogen-bond acceptors (Lipinski definition) is 4. The normalized spacial score (nSPS) is 11.0. The zero-order valence-corrected chi connectivity index (χ0v) is 26.4. The Kier molecular flexibility index (Phi) is 7.96. The molecular formula is C44H33N3O. The molecule has 230 valence electrons. The molecule has 0 saturated carbocycles. The summed E-state index contributed by atoms with van der Waals surface area (Å²) in [5.41, 5.74) is 11.1. The van der Waals surface area contributed by atoms with Crippen LogP contribution in [0.2, 0.25) is 0 Å². The van der Waals surface area contributed by atoms with Crippen molar-refractivity contribution in [2.75, 3.05) is 9.80 Å². The summed E-state index contributed by atoms with van der Waals surface area (Å²) in [6.45, 7) is 0.617. The van der Waals surface area contributed by atoms with Gasteiger partial charge in [-0.05, 0) is 77.4 Å². The third kappa shape index (κ3) is 5.83. The summed E-state index contributed by atoms with van der Waals surface area (Å²) in [4.78, 5) is 9.73. The van der Waals surface area contributed by atoms with Crippen LogP contribution in [0, 0.1) is 0 Å². The van der Waals surface area contributed by atoms with Crippen molar-refractivity contribution >= 4 is 39.5 Å². The maximum absolute atomic E-state index is 6.72. The minimum Gasteiger partial charge on any atom is -0.434 e. The zero-order chi connectivity index (χ0) is 32.1. The van der Waals surface area contributed by atoms with Crippen molar-refractivity contribution in [2.45, 2.75) is 6.54 Å². The molecule has 8 rings (SSSR count). The van der Waals surface area contributed by atoms with Gasteiger partial charge < -0.3 is 14.2 Å². The average molecular weight is 620 g/mol. The summed E-state index contributed by atoms with van der Waals surface area (Å²) in [6.07, 6.45) is 0. The number of anilines is 5. The van der Waals surface area contributed by atoms with E-state index in [9.17, 15) is 0 Å². The number of oxazole rings is 1. The Hall–Kier alpha value is -6.39. The topological polar surface area (TPSA) is 32.5 Å². The van der Waals surface area contributed by atoms with Gasteiger partial charge in [0, 0.05) is 29.2 Å². The van der Waals surface area contributed by atoms with Crippen molar-refractivity contribution in [3.05, 3.63) is 194 Å². The fraction of sp³-hybridized carbons (Fsp3) is 0.0227. The Morgan fingerprint density at radius 3 is 1.56 bits per heavy atom. The van der Waals surface area contributed by atoms with Crippen LogP contribution in [-0.4, -0.2) is 4.98 Å². The molecule has 0 spiro atoms. The van der Waals surface area contributed by atoms with E-state index in [0.29, 0.717) is 12.4 Å². The van der Waals surface area contributed by atoms with Crippen molar-refractivity contribution in [2.24, 2.45) is 0 Å². The van der Waals surface area contributed by atoms with Gasteiger partial charge in [0.2, 0.25) is 5.89 Å². The van der Waals surface area contributed by atoms with Gasteiger partial charge in [0.1, 0.15) is 5.52 Å². The molecule has 0 radical (unpaired) electrons. The molecule has 4 nitrogen and oxygen atoms in total. The summed E-state index contributed by atoms with van der Waals surface area (Å²) < 4.78 is 6.72. The van der Waals surface area contributed by atoms with Gasteiger partial charge in [-0.3, -0.25) is 0 Å². The van der Waals surface area contributed by atoms with Crippen LogP contribution in [0.3, 0.4) is 0 Å². The van der Waals surface area contributed by atoms with Gasteiger partial charge >= 0.3 is 0 Å². The average Bonchev–Trinajstić information content (AvgIpc) is 3.60. The maximum atomic E-state index is 6.72. The van der Waals surface area contributed by atoms with Gasteiger partial charge in [-0.25, -0.2) is 4.98 Å². The number of hydrogen-bond donors (Lipinski definition) is 0. The molecule has 0 aliphatic heterocycles. The predicted octanol–water partition coefficient (Wildman–Crippen LogP) is 12.0. The summed E-state index contributed by atoms with van der Waals surface area (Å²) >= 11 is 0. The SMILES string of the molecule is c1ccc(-c2nc3cc(N(c4ccccc4)c4ccccc4)cc(N(Cc4ccccc4-c4ccccc4)c4ccccc4)c3o2)cc1. The van der Waals surface area contributed by atoms with Crippen molar-refractivity contribution in [1.82, 2.24) is 4.98 Å². The fourth-order valence-corrected chi connectivity index (χ4v) is 6.29. The molecule has 4 heteroatoms. The highest BCUT2D eigenvalue weighted by Gasteiger charge is 2.23. The molecule has 0 aliphatic carbocycles. The monoisotopic (exact) mass is 619 g/mol. The smallest absolute Gasteiger partial charge is 0.227 e. The Labute approximate surface area is 280 Å². The van der Waals surface area contributed by atoms with Gasteiger partial charge in [-0.15, -0.1) is 0 Å². The minimum atomic E-state index is 0.590. The van der Waals surface area contributed by atoms with E-state index in [1.54, 1.807) is 0 Å². The number of nitrogens with zero attached hydrogens (tertiary/aromatic N) is 3. The van der Waals surface area contributed by atoms with Crippen molar-refractivity contribution in [1.29, 1.82) is 0 Å². The van der Waals surface area contributed by atoms with E-state index < -0.39 is 0 Å². The second-order valence-electron chi connectivity index (χ2n) is 11.6. The van der Waals surface area contributed by atoms with Crippen LogP contribution in [-0.2, 0) is 6.54 Å². The van der Waals surface area contributed by atoms with Gasteiger partial charge in [0.15, 0.2) is 5.58 Å². The van der Waals surface area contributed by atoms with Crippen molar-refractivity contribution in [3.8, 4) is 22.6 Å². The molecule has 48 heavy (non-hydrogen) atoms. The molecule has 8 aromatic rings. The van der Waals surface area contributed by atoms with Gasteiger partial charge in [-0.2, -0.15) is 0 Å². The van der Waals surface area contributed by atoms with Crippen LogP contribution in [0.1, 0.15) is 5.56 Å². The molecule has 7 aromatic carbocycles. The molecule has 0 aliphatic rings. The number of fused-ring (bicyclic) bond motifs is 1. The quantitative estimate of drug-likeness (QED) is 0.161. The fourth-order valence-electron chi connectivity index (χ4n) is 6.29. The summed E-state index contributed by atoms with van der Waals surface area (Å²) in [6, 6.07) is 65.2. The first kappa shape index (κ1) is 29.0. The van der Waals surface area contributed by atoms with Gasteiger partial charge in [-0.1, -0.05) is 127 Å². The van der Waals surface area contributed by atoms with E-state index in [0.717, 1.165) is 45.1 Å². The van der Waals surface area contributed by atoms with Crippen molar-refractivity contribution in [3.63, 3.8) is 0 Å². The number of para-hydroxylation sites is 3. The second-order valence-corrected chi connectivity index (χ2v) is 11.6. The minimum absolute atomic E-state index is 0.590. The van der Waals surface area contributed by atoms with E-state index in [-0.39, 0.29) is 0 Å². The highest BCUT2D eigenvalue weighted by Crippen LogP contribution is 2.43. The van der Waals surface area contributed by atoms with Crippen LogP contribution >= 0.6 is 0 Å². The third-order valence-corrected chi connectivity index (χ3v) is 8.55. The second kappa shape index (κ2) is 13.1. The van der Waals surface area contributed by atoms with Crippen LogP contribution < -0.4 is 9.80 Å². The van der Waals surface area contributed by atoms with Crippen LogP contribution in [0.5, 0.6) is 0 Å². The van der Waals surface area contributed by atoms with Crippen LogP contribution in [0.25, 0.3) is 33.7 Å². The van der Waals surface area contributed by atoms with E-state index in [1.807, 2.05) is 42.5 Å². The lowest BCUT2D eigenvalue weighted by molar-refractivity contribution is 0.619. The Bertz CT molecular complexity index is 2210. The van der Waals surface area contributed by atoms with Gasteiger partial charge in [0.25, 0.3) is 0 Å². The first-order valence-corrected chi connectivity index (χ1v) is 16.2. The lowest BCUT2D eigenvalue weighted by atomic mass is 9.99. The molecule has 0 amide bonds. The van der Waals surface area contributed by atoms with E-state index in [2.05, 4.69) is 155 Å². The van der Waals surface area contributed by atoms with E-state index in [1.165, 1.54) is 16.7 Å². The maximum Gasteiger partial charge on any atom is 0.227 e.